The first kappa shape index (κ1) is 22.0. The summed E-state index contributed by atoms with van der Waals surface area (Å²) in [6.45, 7) is 9.49. The Balaban J connectivity index is 1.64. The van der Waals surface area contributed by atoms with Crippen molar-refractivity contribution in [1.82, 2.24) is 10.2 Å². The smallest absolute Gasteiger partial charge is 0.255 e. The van der Waals surface area contributed by atoms with Crippen LogP contribution in [0.25, 0.3) is 0 Å². The van der Waals surface area contributed by atoms with E-state index in [9.17, 15) is 9.59 Å². The molecule has 2 amide bonds. The number of hydrogen-bond donors (Lipinski definition) is 2. The fourth-order valence-electron chi connectivity index (χ4n) is 3.84. The van der Waals surface area contributed by atoms with Crippen LogP contribution in [0, 0.1) is 5.92 Å². The lowest BCUT2D eigenvalue weighted by Crippen LogP contribution is -2.33. The van der Waals surface area contributed by atoms with Crippen molar-refractivity contribution in [3.63, 3.8) is 0 Å². The van der Waals surface area contributed by atoms with E-state index in [0.717, 1.165) is 32.0 Å². The molecule has 5 heteroatoms. The van der Waals surface area contributed by atoms with Crippen molar-refractivity contribution in [2.45, 2.75) is 52.6 Å². The summed E-state index contributed by atoms with van der Waals surface area (Å²) in [7, 11) is 0. The maximum Gasteiger partial charge on any atom is 0.255 e. The van der Waals surface area contributed by atoms with Crippen molar-refractivity contribution in [3.8, 4) is 0 Å². The molecule has 1 fully saturated rings. The van der Waals surface area contributed by atoms with E-state index in [-0.39, 0.29) is 17.9 Å². The van der Waals surface area contributed by atoms with Crippen LogP contribution in [0.2, 0.25) is 0 Å². The molecule has 2 aromatic carbocycles. The second-order valence-corrected chi connectivity index (χ2v) is 8.46. The molecule has 1 aliphatic heterocycles. The highest BCUT2D eigenvalue weighted by Crippen LogP contribution is 2.19. The zero-order valence-corrected chi connectivity index (χ0v) is 18.3. The van der Waals surface area contributed by atoms with Gasteiger partial charge in [-0.3, -0.25) is 14.5 Å². The number of hydrogen-bond acceptors (Lipinski definition) is 3. The highest BCUT2D eigenvalue weighted by Gasteiger charge is 2.17. The van der Waals surface area contributed by atoms with Gasteiger partial charge in [-0.1, -0.05) is 38.1 Å². The number of nitrogens with zero attached hydrogens (tertiary/aromatic N) is 1. The lowest BCUT2D eigenvalue weighted by molar-refractivity contribution is 0.0940. The quantitative estimate of drug-likeness (QED) is 0.699. The first-order chi connectivity index (χ1) is 14.5. The molecule has 0 saturated carbocycles. The number of likely N-dealkylation sites (tertiary alicyclic amines) is 1. The van der Waals surface area contributed by atoms with Crippen molar-refractivity contribution in [2.24, 2.45) is 5.92 Å². The third-order valence-corrected chi connectivity index (χ3v) is 5.77. The molecule has 3 rings (SSSR count). The van der Waals surface area contributed by atoms with Gasteiger partial charge in [0.1, 0.15) is 0 Å². The zero-order chi connectivity index (χ0) is 21.5. The monoisotopic (exact) mass is 407 g/mol. The van der Waals surface area contributed by atoms with Gasteiger partial charge in [0.2, 0.25) is 0 Å². The Morgan fingerprint density at radius 3 is 2.53 bits per heavy atom. The van der Waals surface area contributed by atoms with Gasteiger partial charge in [-0.25, -0.2) is 0 Å². The van der Waals surface area contributed by atoms with E-state index in [1.54, 1.807) is 18.2 Å². The number of anilines is 1. The second kappa shape index (κ2) is 10.4. The number of carbonyl (C=O) groups excluding carboxylic acids is 2. The Morgan fingerprint density at radius 2 is 1.83 bits per heavy atom. The molecule has 2 N–H and O–H groups in total. The minimum absolute atomic E-state index is 0.0803. The van der Waals surface area contributed by atoms with Crippen molar-refractivity contribution < 1.29 is 9.59 Å². The van der Waals surface area contributed by atoms with Crippen LogP contribution in [-0.2, 0) is 6.54 Å². The molecule has 0 bridgehead atoms. The fourth-order valence-corrected chi connectivity index (χ4v) is 3.84. The second-order valence-electron chi connectivity index (χ2n) is 8.46. The SMILES string of the molecule is CC[C@@H](C)NC(=O)c1ccccc1NC(=O)c1ccc(CN2CCC[C@@H](C)C2)cc1. The Bertz CT molecular complexity index is 863. The molecule has 2 aromatic rings. The Morgan fingerprint density at radius 1 is 1.10 bits per heavy atom. The van der Waals surface area contributed by atoms with E-state index in [4.69, 9.17) is 0 Å². The number of para-hydroxylation sites is 1. The average Bonchev–Trinajstić information content (AvgIpc) is 2.74. The van der Waals surface area contributed by atoms with Gasteiger partial charge < -0.3 is 10.6 Å². The summed E-state index contributed by atoms with van der Waals surface area (Å²) in [5.41, 5.74) is 2.80. The van der Waals surface area contributed by atoms with Gasteiger partial charge in [-0.15, -0.1) is 0 Å². The van der Waals surface area contributed by atoms with Gasteiger partial charge >= 0.3 is 0 Å². The van der Waals surface area contributed by atoms with Gasteiger partial charge in [0.15, 0.2) is 0 Å². The van der Waals surface area contributed by atoms with E-state index >= 15 is 0 Å². The molecule has 1 heterocycles. The van der Waals surface area contributed by atoms with Crippen molar-refractivity contribution >= 4 is 17.5 Å². The van der Waals surface area contributed by atoms with E-state index < -0.39 is 0 Å². The van der Waals surface area contributed by atoms with E-state index in [0.29, 0.717) is 16.8 Å². The van der Waals surface area contributed by atoms with Gasteiger partial charge in [0.05, 0.1) is 11.3 Å². The third-order valence-electron chi connectivity index (χ3n) is 5.77. The van der Waals surface area contributed by atoms with Crippen LogP contribution in [-0.4, -0.2) is 35.8 Å². The highest BCUT2D eigenvalue weighted by molar-refractivity contribution is 6.09. The maximum atomic E-state index is 12.8. The first-order valence-corrected chi connectivity index (χ1v) is 11.0. The van der Waals surface area contributed by atoms with Crippen LogP contribution < -0.4 is 10.6 Å². The Hall–Kier alpha value is -2.66. The number of amides is 2. The standard InChI is InChI=1S/C25H33N3O2/c1-4-19(3)26-25(30)22-9-5-6-10-23(22)27-24(29)21-13-11-20(12-14-21)17-28-15-7-8-18(2)16-28/h5-6,9-14,18-19H,4,7-8,15-17H2,1-3H3,(H,26,30)(H,27,29)/t18-,19-/m1/s1. The molecule has 1 saturated heterocycles. The van der Waals surface area contributed by atoms with Crippen LogP contribution in [0.1, 0.15) is 66.3 Å². The summed E-state index contributed by atoms with van der Waals surface area (Å²) in [5, 5.41) is 5.85. The van der Waals surface area contributed by atoms with Gasteiger partial charge in [-0.2, -0.15) is 0 Å². The molecule has 1 aliphatic rings. The molecule has 160 valence electrons. The minimum atomic E-state index is -0.211. The predicted octanol–water partition coefficient (Wildman–Crippen LogP) is 4.70. The third kappa shape index (κ3) is 5.92. The molecule has 30 heavy (non-hydrogen) atoms. The molecule has 0 aliphatic carbocycles. The number of piperidine rings is 1. The molecule has 0 unspecified atom stereocenters. The number of nitrogens with one attached hydrogen (secondary N) is 2. The van der Waals surface area contributed by atoms with E-state index in [2.05, 4.69) is 22.5 Å². The topological polar surface area (TPSA) is 61.4 Å². The normalized spacial score (nSPS) is 17.9. The number of benzene rings is 2. The Labute approximate surface area is 179 Å². The molecule has 2 atom stereocenters. The van der Waals surface area contributed by atoms with Crippen LogP contribution >= 0.6 is 0 Å². The molecule has 0 spiro atoms. The maximum absolute atomic E-state index is 12.8. The number of rotatable bonds is 7. The Kier molecular flexibility index (Phi) is 7.63. The molecule has 0 radical (unpaired) electrons. The largest absolute Gasteiger partial charge is 0.350 e. The molecule has 0 aromatic heterocycles. The van der Waals surface area contributed by atoms with Crippen molar-refractivity contribution in [2.75, 3.05) is 18.4 Å². The lowest BCUT2D eigenvalue weighted by atomic mass is 9.99. The zero-order valence-electron chi connectivity index (χ0n) is 18.3. The summed E-state index contributed by atoms with van der Waals surface area (Å²) < 4.78 is 0. The highest BCUT2D eigenvalue weighted by atomic mass is 16.2. The molecular weight excluding hydrogens is 374 g/mol. The van der Waals surface area contributed by atoms with Crippen LogP contribution in [0.15, 0.2) is 48.5 Å². The van der Waals surface area contributed by atoms with E-state index in [1.807, 2.05) is 44.2 Å². The minimum Gasteiger partial charge on any atom is -0.350 e. The lowest BCUT2D eigenvalue weighted by Gasteiger charge is -2.30. The molecular formula is C25H33N3O2. The van der Waals surface area contributed by atoms with Crippen LogP contribution in [0.3, 0.4) is 0 Å². The summed E-state index contributed by atoms with van der Waals surface area (Å²) in [6, 6.07) is 15.0. The number of carbonyl (C=O) groups is 2. The van der Waals surface area contributed by atoms with E-state index in [1.165, 1.54) is 18.4 Å². The fraction of sp³-hybridized carbons (Fsp3) is 0.440. The van der Waals surface area contributed by atoms with Crippen molar-refractivity contribution in [3.05, 3.63) is 65.2 Å². The predicted molar refractivity (Wildman–Crippen MR) is 122 cm³/mol. The van der Waals surface area contributed by atoms with Crippen molar-refractivity contribution in [1.29, 1.82) is 0 Å². The van der Waals surface area contributed by atoms with Gasteiger partial charge in [0, 0.05) is 24.7 Å². The van der Waals surface area contributed by atoms with Gasteiger partial charge in [-0.05, 0) is 68.5 Å². The average molecular weight is 408 g/mol. The summed E-state index contributed by atoms with van der Waals surface area (Å²) in [6.07, 6.45) is 3.42. The first-order valence-electron chi connectivity index (χ1n) is 11.0. The van der Waals surface area contributed by atoms with Crippen LogP contribution in [0.5, 0.6) is 0 Å². The summed E-state index contributed by atoms with van der Waals surface area (Å²) in [5.74, 6) is 0.365. The van der Waals surface area contributed by atoms with Crippen LogP contribution in [0.4, 0.5) is 5.69 Å². The summed E-state index contributed by atoms with van der Waals surface area (Å²) in [4.78, 5) is 27.8. The molecule has 5 nitrogen and oxygen atoms in total. The summed E-state index contributed by atoms with van der Waals surface area (Å²) >= 11 is 0. The van der Waals surface area contributed by atoms with Gasteiger partial charge in [0.25, 0.3) is 11.8 Å².